The van der Waals surface area contributed by atoms with E-state index in [2.05, 4.69) is 0 Å². The van der Waals surface area contributed by atoms with Crippen LogP contribution in [0.2, 0.25) is 0 Å². The lowest BCUT2D eigenvalue weighted by Gasteiger charge is -2.24. The molecular formula is C12H11FN2O4. The van der Waals surface area contributed by atoms with Gasteiger partial charge in [0.2, 0.25) is 5.91 Å². The van der Waals surface area contributed by atoms with Crippen molar-refractivity contribution in [2.24, 2.45) is 0 Å². The zero-order valence-electron chi connectivity index (χ0n) is 9.88. The molecule has 0 spiro atoms. The smallest absolute Gasteiger partial charge is 0.426 e. The Bertz CT molecular complexity index is 529. The lowest BCUT2D eigenvalue weighted by Crippen LogP contribution is -2.44. The largest absolute Gasteiger partial charge is 0.464 e. The molecule has 0 radical (unpaired) electrons. The third-order valence-corrected chi connectivity index (χ3v) is 2.72. The van der Waals surface area contributed by atoms with Gasteiger partial charge in [-0.1, -0.05) is 12.1 Å². The van der Waals surface area contributed by atoms with Gasteiger partial charge in [-0.25, -0.2) is 19.2 Å². The fourth-order valence-electron chi connectivity index (χ4n) is 1.82. The van der Waals surface area contributed by atoms with Crippen molar-refractivity contribution in [3.05, 3.63) is 35.6 Å². The molecule has 0 aromatic heterocycles. The zero-order chi connectivity index (χ0) is 14.0. The molecule has 6 nitrogen and oxygen atoms in total. The van der Waals surface area contributed by atoms with E-state index in [0.717, 1.165) is 5.01 Å². The number of carbonyl (C=O) groups excluding carboxylic acids is 2. The standard InChI is InChI=1S/C12H11FN2O4/c13-9-3-1-8(2-4-9)5-11(17)14-6-10(16)7-15(14)12(18)19/h1-4H,5-7H2,(H,18,19). The summed E-state index contributed by atoms with van der Waals surface area (Å²) in [6.07, 6.45) is -1.43. The van der Waals surface area contributed by atoms with Gasteiger partial charge in [0, 0.05) is 0 Å². The van der Waals surface area contributed by atoms with Crippen LogP contribution in [0.3, 0.4) is 0 Å². The van der Waals surface area contributed by atoms with Crippen LogP contribution < -0.4 is 0 Å². The molecule has 1 aliphatic heterocycles. The molecule has 1 heterocycles. The summed E-state index contributed by atoms with van der Waals surface area (Å²) >= 11 is 0. The van der Waals surface area contributed by atoms with E-state index < -0.39 is 17.8 Å². The molecule has 2 amide bonds. The number of hydrogen-bond acceptors (Lipinski definition) is 3. The van der Waals surface area contributed by atoms with Crippen LogP contribution in [0.5, 0.6) is 0 Å². The minimum absolute atomic E-state index is 0.0860. The SMILES string of the molecule is O=C1CN(C(=O)O)N(C(=O)Cc2ccc(F)cc2)C1. The highest BCUT2D eigenvalue weighted by molar-refractivity contribution is 5.93. The van der Waals surface area contributed by atoms with Crippen LogP contribution in [0.25, 0.3) is 0 Å². The number of Topliss-reactive ketones (excluding diaryl/α,β-unsaturated/α-hetero) is 1. The number of hydrogen-bond donors (Lipinski definition) is 1. The Hall–Kier alpha value is -2.44. The molecule has 1 aromatic rings. The van der Waals surface area contributed by atoms with Gasteiger partial charge < -0.3 is 5.11 Å². The van der Waals surface area contributed by atoms with Crippen LogP contribution in [0.1, 0.15) is 5.56 Å². The zero-order valence-corrected chi connectivity index (χ0v) is 9.88. The van der Waals surface area contributed by atoms with Crippen LogP contribution >= 0.6 is 0 Å². The molecule has 1 aliphatic rings. The van der Waals surface area contributed by atoms with Gasteiger partial charge in [0.1, 0.15) is 18.9 Å². The van der Waals surface area contributed by atoms with Crippen molar-refractivity contribution in [3.63, 3.8) is 0 Å². The van der Waals surface area contributed by atoms with Gasteiger partial charge in [-0.15, -0.1) is 0 Å². The molecule has 100 valence electrons. The highest BCUT2D eigenvalue weighted by Crippen LogP contribution is 2.12. The number of amides is 2. The summed E-state index contributed by atoms with van der Waals surface area (Å²) in [5.74, 6) is -1.27. The predicted molar refractivity (Wildman–Crippen MR) is 61.6 cm³/mol. The monoisotopic (exact) mass is 266 g/mol. The number of carboxylic acid groups (broad SMARTS) is 1. The Balaban J connectivity index is 2.08. The molecule has 1 saturated heterocycles. The minimum atomic E-state index is -1.35. The van der Waals surface area contributed by atoms with E-state index >= 15 is 0 Å². The molecule has 0 aliphatic carbocycles. The van der Waals surface area contributed by atoms with Gasteiger partial charge in [-0.2, -0.15) is 0 Å². The maximum absolute atomic E-state index is 12.7. The molecule has 0 bridgehead atoms. The molecule has 0 atom stereocenters. The summed E-state index contributed by atoms with van der Waals surface area (Å²) in [5, 5.41) is 10.5. The summed E-state index contributed by atoms with van der Waals surface area (Å²) in [7, 11) is 0. The van der Waals surface area contributed by atoms with Gasteiger partial charge in [0.05, 0.1) is 6.42 Å². The van der Waals surface area contributed by atoms with E-state index in [0.29, 0.717) is 10.6 Å². The number of carbonyl (C=O) groups is 3. The Labute approximate surface area is 108 Å². The maximum atomic E-state index is 12.7. The van der Waals surface area contributed by atoms with Crippen molar-refractivity contribution < 1.29 is 23.9 Å². The fourth-order valence-corrected chi connectivity index (χ4v) is 1.82. The van der Waals surface area contributed by atoms with E-state index in [1.165, 1.54) is 24.3 Å². The van der Waals surface area contributed by atoms with Crippen molar-refractivity contribution in [1.82, 2.24) is 10.0 Å². The van der Waals surface area contributed by atoms with Crippen molar-refractivity contribution in [3.8, 4) is 0 Å². The van der Waals surface area contributed by atoms with Crippen LogP contribution in [0, 0.1) is 5.82 Å². The Kier molecular flexibility index (Phi) is 3.46. The Morgan fingerprint density at radius 1 is 1.16 bits per heavy atom. The maximum Gasteiger partial charge on any atom is 0.426 e. The fraction of sp³-hybridized carbons (Fsp3) is 0.250. The summed E-state index contributed by atoms with van der Waals surface area (Å²) in [6.45, 7) is -0.559. The lowest BCUT2D eigenvalue weighted by atomic mass is 10.1. The molecule has 0 unspecified atom stereocenters. The molecule has 1 fully saturated rings. The predicted octanol–water partition coefficient (Wildman–Crippen LogP) is 0.674. The van der Waals surface area contributed by atoms with E-state index in [-0.39, 0.29) is 25.3 Å². The first-order valence-electron chi connectivity index (χ1n) is 5.54. The third-order valence-electron chi connectivity index (χ3n) is 2.72. The summed E-state index contributed by atoms with van der Waals surface area (Å²) in [5.41, 5.74) is 0.552. The minimum Gasteiger partial charge on any atom is -0.464 e. The lowest BCUT2D eigenvalue weighted by molar-refractivity contribution is -0.140. The van der Waals surface area contributed by atoms with Crippen molar-refractivity contribution >= 4 is 17.8 Å². The first-order valence-corrected chi connectivity index (χ1v) is 5.54. The average Bonchev–Trinajstić information content (AvgIpc) is 2.74. The number of hydrazine groups is 1. The molecular weight excluding hydrogens is 255 g/mol. The summed E-state index contributed by atoms with van der Waals surface area (Å²) in [4.78, 5) is 34.0. The van der Waals surface area contributed by atoms with Gasteiger partial charge in [0.15, 0.2) is 5.78 Å². The third kappa shape index (κ3) is 2.87. The molecule has 1 N–H and O–H groups in total. The normalized spacial score (nSPS) is 14.9. The second-order valence-corrected chi connectivity index (χ2v) is 4.13. The van der Waals surface area contributed by atoms with E-state index in [1.807, 2.05) is 0 Å². The number of ketones is 1. The highest BCUT2D eigenvalue weighted by atomic mass is 19.1. The van der Waals surface area contributed by atoms with E-state index in [1.54, 1.807) is 0 Å². The van der Waals surface area contributed by atoms with Gasteiger partial charge >= 0.3 is 6.09 Å². The quantitative estimate of drug-likeness (QED) is 0.853. The number of rotatable bonds is 2. The molecule has 1 aromatic carbocycles. The molecule has 7 heteroatoms. The highest BCUT2D eigenvalue weighted by Gasteiger charge is 2.35. The molecule has 19 heavy (non-hydrogen) atoms. The van der Waals surface area contributed by atoms with Crippen molar-refractivity contribution in [2.45, 2.75) is 6.42 Å². The Morgan fingerprint density at radius 3 is 2.32 bits per heavy atom. The Morgan fingerprint density at radius 2 is 1.74 bits per heavy atom. The van der Waals surface area contributed by atoms with Crippen LogP contribution in [-0.4, -0.2) is 46.0 Å². The summed E-state index contributed by atoms with van der Waals surface area (Å²) < 4.78 is 12.7. The summed E-state index contributed by atoms with van der Waals surface area (Å²) in [6, 6.07) is 5.31. The van der Waals surface area contributed by atoms with Crippen molar-refractivity contribution in [2.75, 3.05) is 13.1 Å². The average molecular weight is 266 g/mol. The topological polar surface area (TPSA) is 77.9 Å². The van der Waals surface area contributed by atoms with Gasteiger partial charge in [0.25, 0.3) is 0 Å². The van der Waals surface area contributed by atoms with Crippen molar-refractivity contribution in [1.29, 1.82) is 0 Å². The van der Waals surface area contributed by atoms with Crippen LogP contribution in [0.15, 0.2) is 24.3 Å². The second kappa shape index (κ2) is 5.05. The first-order chi connectivity index (χ1) is 8.97. The second-order valence-electron chi connectivity index (χ2n) is 4.13. The van der Waals surface area contributed by atoms with Crippen LogP contribution in [0.4, 0.5) is 9.18 Å². The van der Waals surface area contributed by atoms with Crippen LogP contribution in [-0.2, 0) is 16.0 Å². The number of benzene rings is 1. The molecule has 0 saturated carbocycles. The van der Waals surface area contributed by atoms with Gasteiger partial charge in [-0.05, 0) is 17.7 Å². The molecule has 2 rings (SSSR count). The van der Waals surface area contributed by atoms with Gasteiger partial charge in [-0.3, -0.25) is 9.59 Å². The number of halogens is 1. The van der Waals surface area contributed by atoms with E-state index in [4.69, 9.17) is 5.11 Å². The van der Waals surface area contributed by atoms with E-state index in [9.17, 15) is 18.8 Å². The number of nitrogens with zero attached hydrogens (tertiary/aromatic N) is 2. The first kappa shape index (κ1) is 13.0.